The fourth-order valence-corrected chi connectivity index (χ4v) is 0.905. The molecule has 0 fully saturated rings. The van der Waals surface area contributed by atoms with Crippen LogP contribution in [0.4, 0.5) is 4.79 Å². The average molecular weight is 202 g/mol. The molecule has 0 aromatic rings. The van der Waals surface area contributed by atoms with E-state index in [1.807, 2.05) is 27.7 Å². The van der Waals surface area contributed by atoms with Crippen LogP contribution < -0.4 is 10.6 Å². The quantitative estimate of drug-likeness (QED) is 0.664. The van der Waals surface area contributed by atoms with Gasteiger partial charge in [0.25, 0.3) is 0 Å². The second-order valence-electron chi connectivity index (χ2n) is 4.18. The number of ether oxygens (including phenoxy) is 1. The molecule has 0 saturated heterocycles. The highest BCUT2D eigenvalue weighted by Gasteiger charge is 2.12. The van der Waals surface area contributed by atoms with E-state index in [4.69, 9.17) is 4.74 Å². The van der Waals surface area contributed by atoms with Gasteiger partial charge in [0, 0.05) is 25.3 Å². The minimum Gasteiger partial charge on any atom is -0.382 e. The van der Waals surface area contributed by atoms with Crippen LogP contribution in [0.25, 0.3) is 0 Å². The maximum absolute atomic E-state index is 11.2. The van der Waals surface area contributed by atoms with E-state index in [-0.39, 0.29) is 11.6 Å². The van der Waals surface area contributed by atoms with Crippen molar-refractivity contribution in [3.05, 3.63) is 0 Å². The van der Waals surface area contributed by atoms with Gasteiger partial charge in [-0.2, -0.15) is 0 Å². The van der Waals surface area contributed by atoms with Crippen molar-refractivity contribution in [1.29, 1.82) is 0 Å². The number of hydrogen-bond donors (Lipinski definition) is 2. The van der Waals surface area contributed by atoms with Crippen molar-refractivity contribution in [2.45, 2.75) is 39.7 Å². The van der Waals surface area contributed by atoms with Crippen molar-refractivity contribution in [3.63, 3.8) is 0 Å². The number of urea groups is 1. The van der Waals surface area contributed by atoms with Crippen molar-refractivity contribution in [2.24, 2.45) is 0 Å². The summed E-state index contributed by atoms with van der Waals surface area (Å²) in [5, 5.41) is 5.59. The normalized spacial score (nSPS) is 11.1. The van der Waals surface area contributed by atoms with Crippen LogP contribution in [0, 0.1) is 0 Å². The van der Waals surface area contributed by atoms with Crippen LogP contribution in [0.15, 0.2) is 0 Å². The summed E-state index contributed by atoms with van der Waals surface area (Å²) in [5.74, 6) is 0. The lowest BCUT2D eigenvalue weighted by atomic mass is 10.1. The lowest BCUT2D eigenvalue weighted by Crippen LogP contribution is -2.46. The monoisotopic (exact) mass is 202 g/mol. The maximum atomic E-state index is 11.2. The van der Waals surface area contributed by atoms with Gasteiger partial charge in [0.2, 0.25) is 0 Å². The molecule has 0 saturated carbocycles. The van der Waals surface area contributed by atoms with Crippen LogP contribution >= 0.6 is 0 Å². The predicted octanol–water partition coefficient (Wildman–Crippen LogP) is 1.51. The van der Waals surface area contributed by atoms with Gasteiger partial charge in [0.15, 0.2) is 0 Å². The number of carbonyl (C=O) groups excluding carboxylic acids is 1. The van der Waals surface area contributed by atoms with Crippen LogP contribution in [-0.2, 0) is 4.74 Å². The van der Waals surface area contributed by atoms with Crippen LogP contribution in [0.3, 0.4) is 0 Å². The smallest absolute Gasteiger partial charge is 0.315 e. The molecule has 0 aliphatic heterocycles. The minimum atomic E-state index is -0.177. The summed E-state index contributed by atoms with van der Waals surface area (Å²) in [6.07, 6.45) is 0.853. The van der Waals surface area contributed by atoms with E-state index in [0.29, 0.717) is 13.2 Å². The highest BCUT2D eigenvalue weighted by molar-refractivity contribution is 5.74. The summed E-state index contributed by atoms with van der Waals surface area (Å²) in [6.45, 7) is 9.90. The van der Waals surface area contributed by atoms with Gasteiger partial charge in [-0.15, -0.1) is 0 Å². The summed E-state index contributed by atoms with van der Waals surface area (Å²) in [5.41, 5.74) is -0.177. The fraction of sp³-hybridized carbons (Fsp3) is 0.900. The third kappa shape index (κ3) is 9.32. The largest absolute Gasteiger partial charge is 0.382 e. The first-order chi connectivity index (χ1) is 6.45. The molecular formula is C10H22N2O2. The van der Waals surface area contributed by atoms with Crippen molar-refractivity contribution in [2.75, 3.05) is 19.8 Å². The summed E-state index contributed by atoms with van der Waals surface area (Å²) >= 11 is 0. The van der Waals surface area contributed by atoms with E-state index in [0.717, 1.165) is 13.0 Å². The maximum Gasteiger partial charge on any atom is 0.315 e. The van der Waals surface area contributed by atoms with Gasteiger partial charge in [0.05, 0.1) is 0 Å². The first-order valence-corrected chi connectivity index (χ1v) is 5.09. The lowest BCUT2D eigenvalue weighted by molar-refractivity contribution is 0.145. The number of carbonyl (C=O) groups is 1. The first-order valence-electron chi connectivity index (χ1n) is 5.09. The molecule has 4 nitrogen and oxygen atoms in total. The zero-order valence-electron chi connectivity index (χ0n) is 9.64. The summed E-state index contributed by atoms with van der Waals surface area (Å²) in [7, 11) is 0. The molecule has 0 rings (SSSR count). The van der Waals surface area contributed by atoms with Gasteiger partial charge in [-0.1, -0.05) is 0 Å². The topological polar surface area (TPSA) is 50.4 Å². The molecule has 84 valence electrons. The Hall–Kier alpha value is -0.770. The Bertz CT molecular complexity index is 164. The van der Waals surface area contributed by atoms with Crippen molar-refractivity contribution in [1.82, 2.24) is 10.6 Å². The Morgan fingerprint density at radius 2 is 2.00 bits per heavy atom. The van der Waals surface area contributed by atoms with Crippen molar-refractivity contribution >= 4 is 6.03 Å². The Morgan fingerprint density at radius 3 is 2.50 bits per heavy atom. The Labute approximate surface area is 86.4 Å². The van der Waals surface area contributed by atoms with Crippen molar-refractivity contribution < 1.29 is 9.53 Å². The second kappa shape index (κ2) is 6.65. The van der Waals surface area contributed by atoms with Crippen molar-refractivity contribution in [3.8, 4) is 0 Å². The van der Waals surface area contributed by atoms with Crippen LogP contribution in [0.5, 0.6) is 0 Å². The zero-order valence-corrected chi connectivity index (χ0v) is 9.64. The molecule has 0 aliphatic carbocycles. The van der Waals surface area contributed by atoms with E-state index in [1.165, 1.54) is 0 Å². The molecule has 4 heteroatoms. The highest BCUT2D eigenvalue weighted by Crippen LogP contribution is 1.97. The molecule has 0 aliphatic rings. The Kier molecular flexibility index (Phi) is 6.28. The third-order valence-electron chi connectivity index (χ3n) is 1.44. The number of nitrogens with one attached hydrogen (secondary N) is 2. The molecule has 0 spiro atoms. The third-order valence-corrected chi connectivity index (χ3v) is 1.44. The van der Waals surface area contributed by atoms with Gasteiger partial charge >= 0.3 is 6.03 Å². The van der Waals surface area contributed by atoms with Crippen LogP contribution in [0.2, 0.25) is 0 Å². The van der Waals surface area contributed by atoms with E-state index in [2.05, 4.69) is 10.6 Å². The van der Waals surface area contributed by atoms with Gasteiger partial charge in [-0.25, -0.2) is 4.79 Å². The van der Waals surface area contributed by atoms with Crippen LogP contribution in [0.1, 0.15) is 34.1 Å². The number of hydrogen-bond acceptors (Lipinski definition) is 2. The van der Waals surface area contributed by atoms with E-state index >= 15 is 0 Å². The van der Waals surface area contributed by atoms with Gasteiger partial charge in [-0.05, 0) is 34.1 Å². The molecule has 14 heavy (non-hydrogen) atoms. The fourth-order valence-electron chi connectivity index (χ4n) is 0.905. The minimum absolute atomic E-state index is 0.117. The molecular weight excluding hydrogens is 180 g/mol. The van der Waals surface area contributed by atoms with Gasteiger partial charge < -0.3 is 15.4 Å². The molecule has 2 N–H and O–H groups in total. The molecule has 0 atom stereocenters. The standard InChI is InChI=1S/C10H22N2O2/c1-5-14-8-6-7-11-9(13)12-10(2,3)4/h5-8H2,1-4H3,(H2,11,12,13). The van der Waals surface area contributed by atoms with Gasteiger partial charge in [0.1, 0.15) is 0 Å². The molecule has 2 amide bonds. The molecule has 0 unspecified atom stereocenters. The predicted molar refractivity (Wildman–Crippen MR) is 57.4 cm³/mol. The summed E-state index contributed by atoms with van der Waals surface area (Å²) in [6, 6.07) is -0.117. The summed E-state index contributed by atoms with van der Waals surface area (Å²) < 4.78 is 5.14. The SMILES string of the molecule is CCOCCCNC(=O)NC(C)(C)C. The van der Waals surface area contributed by atoms with Gasteiger partial charge in [-0.3, -0.25) is 0 Å². The van der Waals surface area contributed by atoms with E-state index < -0.39 is 0 Å². The number of rotatable bonds is 5. The molecule has 0 aromatic heterocycles. The summed E-state index contributed by atoms with van der Waals surface area (Å²) in [4.78, 5) is 11.2. The second-order valence-corrected chi connectivity index (χ2v) is 4.18. The van der Waals surface area contributed by atoms with E-state index in [9.17, 15) is 4.79 Å². The van der Waals surface area contributed by atoms with E-state index in [1.54, 1.807) is 0 Å². The van der Waals surface area contributed by atoms with Crippen LogP contribution in [-0.4, -0.2) is 31.3 Å². The average Bonchev–Trinajstić information content (AvgIpc) is 2.00. The molecule has 0 radical (unpaired) electrons. The zero-order chi connectivity index (χ0) is 11.0. The highest BCUT2D eigenvalue weighted by atomic mass is 16.5. The Morgan fingerprint density at radius 1 is 1.36 bits per heavy atom. The molecule has 0 bridgehead atoms. The molecule has 0 aromatic carbocycles. The molecule has 0 heterocycles. The Balaban J connectivity index is 3.36. The first kappa shape index (κ1) is 13.2. The lowest BCUT2D eigenvalue weighted by Gasteiger charge is -2.20. The number of amides is 2.